The second kappa shape index (κ2) is 6.63. The van der Waals surface area contributed by atoms with Crippen molar-refractivity contribution in [2.75, 3.05) is 14.2 Å². The Balaban J connectivity index is 2.53. The lowest BCUT2D eigenvalue weighted by atomic mass is 10.0. The Bertz CT molecular complexity index is 585. The molecule has 2 aromatic rings. The largest absolute Gasteiger partial charge is 0.496 e. The van der Waals surface area contributed by atoms with Gasteiger partial charge in [0.05, 0.1) is 37.2 Å². The minimum Gasteiger partial charge on any atom is -0.496 e. The van der Waals surface area contributed by atoms with Crippen LogP contribution in [-0.4, -0.2) is 24.0 Å². The number of methoxy groups -OCH3 is 2. The first-order chi connectivity index (χ1) is 10.2. The lowest BCUT2D eigenvalue weighted by Gasteiger charge is -2.19. The van der Waals surface area contributed by atoms with Gasteiger partial charge >= 0.3 is 0 Å². The highest BCUT2D eigenvalue weighted by atomic mass is 16.5. The molecule has 2 N–H and O–H groups in total. The van der Waals surface area contributed by atoms with Crippen molar-refractivity contribution in [3.05, 3.63) is 41.2 Å². The van der Waals surface area contributed by atoms with Crippen LogP contribution < -0.4 is 15.2 Å². The molecule has 5 nitrogen and oxygen atoms in total. The van der Waals surface area contributed by atoms with E-state index in [0.717, 1.165) is 41.4 Å². The molecule has 0 amide bonds. The third-order valence-corrected chi connectivity index (χ3v) is 3.62. The number of rotatable bonds is 6. The fourth-order valence-electron chi connectivity index (χ4n) is 2.50. The minimum absolute atomic E-state index is 0.344. The van der Waals surface area contributed by atoms with Crippen molar-refractivity contribution in [1.29, 1.82) is 0 Å². The summed E-state index contributed by atoms with van der Waals surface area (Å²) < 4.78 is 12.8. The second-order valence-electron chi connectivity index (χ2n) is 4.78. The zero-order valence-electron chi connectivity index (χ0n) is 13.1. The maximum Gasteiger partial charge on any atom is 0.127 e. The zero-order valence-corrected chi connectivity index (χ0v) is 13.1. The molecule has 21 heavy (non-hydrogen) atoms. The van der Waals surface area contributed by atoms with Gasteiger partial charge in [0.25, 0.3) is 0 Å². The third kappa shape index (κ3) is 2.88. The van der Waals surface area contributed by atoms with Crippen LogP contribution in [0, 0.1) is 0 Å². The topological polar surface area (TPSA) is 62.3 Å². The van der Waals surface area contributed by atoms with Crippen molar-refractivity contribution < 1.29 is 9.47 Å². The molecule has 0 spiro atoms. The fraction of sp³-hybridized carbons (Fsp3) is 0.438. The smallest absolute Gasteiger partial charge is 0.127 e. The summed E-state index contributed by atoms with van der Waals surface area (Å²) in [5.74, 6) is 1.45. The molecule has 0 aliphatic heterocycles. The van der Waals surface area contributed by atoms with Gasteiger partial charge in [0.2, 0.25) is 0 Å². The quantitative estimate of drug-likeness (QED) is 0.887. The summed E-state index contributed by atoms with van der Waals surface area (Å²) in [5, 5.41) is 4.56. The van der Waals surface area contributed by atoms with Gasteiger partial charge in [0.1, 0.15) is 11.5 Å². The van der Waals surface area contributed by atoms with E-state index in [1.807, 2.05) is 22.9 Å². The van der Waals surface area contributed by atoms with Gasteiger partial charge in [-0.25, -0.2) is 0 Å². The van der Waals surface area contributed by atoms with Crippen LogP contribution in [0.2, 0.25) is 0 Å². The molecular formula is C16H23N3O2. The van der Waals surface area contributed by atoms with Crippen molar-refractivity contribution in [1.82, 2.24) is 9.78 Å². The van der Waals surface area contributed by atoms with Crippen LogP contribution in [0.3, 0.4) is 0 Å². The van der Waals surface area contributed by atoms with Gasteiger partial charge in [-0.15, -0.1) is 0 Å². The normalized spacial score (nSPS) is 12.2. The highest BCUT2D eigenvalue weighted by Gasteiger charge is 2.22. The van der Waals surface area contributed by atoms with Gasteiger partial charge in [-0.2, -0.15) is 5.10 Å². The van der Waals surface area contributed by atoms with Gasteiger partial charge in [-0.1, -0.05) is 13.0 Å². The van der Waals surface area contributed by atoms with Crippen molar-refractivity contribution in [2.24, 2.45) is 5.73 Å². The van der Waals surface area contributed by atoms with Crippen LogP contribution in [0.15, 0.2) is 24.3 Å². The van der Waals surface area contributed by atoms with Crippen molar-refractivity contribution >= 4 is 0 Å². The molecule has 0 aliphatic rings. The van der Waals surface area contributed by atoms with Crippen LogP contribution in [0.5, 0.6) is 11.5 Å². The Morgan fingerprint density at radius 3 is 2.29 bits per heavy atom. The summed E-state index contributed by atoms with van der Waals surface area (Å²) in [5.41, 5.74) is 9.35. The van der Waals surface area contributed by atoms with Gasteiger partial charge in [0.15, 0.2) is 0 Å². The number of hydrogen-bond acceptors (Lipinski definition) is 4. The van der Waals surface area contributed by atoms with E-state index in [2.05, 4.69) is 25.0 Å². The Kier molecular flexibility index (Phi) is 4.85. The summed E-state index contributed by atoms with van der Waals surface area (Å²) in [6, 6.07) is 7.39. The lowest BCUT2D eigenvalue weighted by Crippen LogP contribution is -2.18. The van der Waals surface area contributed by atoms with E-state index in [1.165, 1.54) is 0 Å². The average Bonchev–Trinajstić information content (AvgIpc) is 2.96. The number of hydrogen-bond donors (Lipinski definition) is 1. The summed E-state index contributed by atoms with van der Waals surface area (Å²) >= 11 is 0. The molecule has 2 rings (SSSR count). The molecule has 0 saturated heterocycles. The number of benzene rings is 1. The third-order valence-electron chi connectivity index (χ3n) is 3.62. The summed E-state index contributed by atoms with van der Waals surface area (Å²) in [6.07, 6.45) is 0.885. The van der Waals surface area contributed by atoms with Gasteiger partial charge in [-0.05, 0) is 31.5 Å². The van der Waals surface area contributed by atoms with E-state index < -0.39 is 0 Å². The summed E-state index contributed by atoms with van der Waals surface area (Å²) in [4.78, 5) is 0. The standard InChI is InChI=1S/C16H23N3O2/c1-5-11-10-12(19(6-2)18-11)16(17)15-13(20-3)8-7-9-14(15)21-4/h7-10,16H,5-6,17H2,1-4H3. The van der Waals surface area contributed by atoms with E-state index in [1.54, 1.807) is 14.2 Å². The van der Waals surface area contributed by atoms with Gasteiger partial charge in [0, 0.05) is 6.54 Å². The van der Waals surface area contributed by atoms with E-state index in [4.69, 9.17) is 15.2 Å². The highest BCUT2D eigenvalue weighted by molar-refractivity contribution is 5.49. The number of nitrogens with two attached hydrogens (primary N) is 1. The fourth-order valence-corrected chi connectivity index (χ4v) is 2.50. The van der Waals surface area contributed by atoms with E-state index in [9.17, 15) is 0 Å². The molecular weight excluding hydrogens is 266 g/mol. The first kappa shape index (κ1) is 15.4. The monoisotopic (exact) mass is 289 g/mol. The maximum atomic E-state index is 6.49. The molecule has 1 aromatic heterocycles. The van der Waals surface area contributed by atoms with Crippen LogP contribution in [0.25, 0.3) is 0 Å². The predicted octanol–water partition coefficient (Wildman–Crippen LogP) is 2.53. The zero-order chi connectivity index (χ0) is 15.4. The van der Waals surface area contributed by atoms with Crippen LogP contribution >= 0.6 is 0 Å². The first-order valence-corrected chi connectivity index (χ1v) is 7.19. The molecule has 1 atom stereocenters. The van der Waals surface area contributed by atoms with Crippen LogP contribution in [0.4, 0.5) is 0 Å². The van der Waals surface area contributed by atoms with Crippen LogP contribution in [0.1, 0.15) is 36.8 Å². The first-order valence-electron chi connectivity index (χ1n) is 7.19. The average molecular weight is 289 g/mol. The maximum absolute atomic E-state index is 6.49. The molecule has 1 unspecified atom stereocenters. The van der Waals surface area contributed by atoms with Gasteiger partial charge < -0.3 is 15.2 Å². The number of nitrogens with zero attached hydrogens (tertiary/aromatic N) is 2. The molecule has 1 heterocycles. The Morgan fingerprint density at radius 1 is 1.19 bits per heavy atom. The summed E-state index contributed by atoms with van der Waals surface area (Å²) in [7, 11) is 3.28. The van der Waals surface area contributed by atoms with Crippen molar-refractivity contribution in [2.45, 2.75) is 32.9 Å². The molecule has 0 aliphatic carbocycles. The lowest BCUT2D eigenvalue weighted by molar-refractivity contribution is 0.381. The Labute approximate surface area is 125 Å². The number of aryl methyl sites for hydroxylation is 2. The SMILES string of the molecule is CCc1cc(C(N)c2c(OC)cccc2OC)n(CC)n1. The number of aromatic nitrogens is 2. The van der Waals surface area contributed by atoms with E-state index >= 15 is 0 Å². The Morgan fingerprint density at radius 2 is 1.81 bits per heavy atom. The Hall–Kier alpha value is -2.01. The molecule has 0 saturated carbocycles. The van der Waals surface area contributed by atoms with Gasteiger partial charge in [-0.3, -0.25) is 4.68 Å². The van der Waals surface area contributed by atoms with Crippen LogP contribution in [-0.2, 0) is 13.0 Å². The molecule has 1 aromatic carbocycles. The molecule has 0 fully saturated rings. The second-order valence-corrected chi connectivity index (χ2v) is 4.78. The highest BCUT2D eigenvalue weighted by Crippen LogP contribution is 2.36. The van der Waals surface area contributed by atoms with E-state index in [0.29, 0.717) is 0 Å². The van der Waals surface area contributed by atoms with Crippen molar-refractivity contribution in [3.8, 4) is 11.5 Å². The number of ether oxygens (including phenoxy) is 2. The van der Waals surface area contributed by atoms with Crippen molar-refractivity contribution in [3.63, 3.8) is 0 Å². The molecule has 114 valence electrons. The summed E-state index contributed by atoms with van der Waals surface area (Å²) in [6.45, 7) is 4.92. The predicted molar refractivity (Wildman–Crippen MR) is 82.9 cm³/mol. The molecule has 0 radical (unpaired) electrons. The molecule has 0 bridgehead atoms. The minimum atomic E-state index is -0.344. The molecule has 5 heteroatoms. The van der Waals surface area contributed by atoms with E-state index in [-0.39, 0.29) is 6.04 Å².